The number of amides is 2. The van der Waals surface area contributed by atoms with Crippen LogP contribution in [-0.2, 0) is 16.1 Å². The molecule has 32 heavy (non-hydrogen) atoms. The van der Waals surface area contributed by atoms with E-state index < -0.39 is 6.04 Å². The van der Waals surface area contributed by atoms with E-state index in [4.69, 9.17) is 4.74 Å². The highest BCUT2D eigenvalue weighted by Crippen LogP contribution is 2.25. The number of nitrogens with one attached hydrogen (secondary N) is 1. The van der Waals surface area contributed by atoms with E-state index in [-0.39, 0.29) is 30.8 Å². The highest BCUT2D eigenvalue weighted by atomic mass is 19.1. The van der Waals surface area contributed by atoms with Crippen molar-refractivity contribution in [3.63, 3.8) is 0 Å². The van der Waals surface area contributed by atoms with E-state index in [2.05, 4.69) is 5.32 Å². The lowest BCUT2D eigenvalue weighted by Gasteiger charge is -2.30. The summed E-state index contributed by atoms with van der Waals surface area (Å²) in [6, 6.07) is 18.8. The average Bonchev–Trinajstić information content (AvgIpc) is 2.82. The van der Waals surface area contributed by atoms with Crippen molar-refractivity contribution in [2.45, 2.75) is 39.3 Å². The number of ether oxygens (including phenoxy) is 1. The predicted molar refractivity (Wildman–Crippen MR) is 124 cm³/mol. The molecule has 0 heterocycles. The minimum Gasteiger partial charge on any atom is -0.483 e. The van der Waals surface area contributed by atoms with E-state index in [9.17, 15) is 14.0 Å². The van der Waals surface area contributed by atoms with E-state index in [1.54, 1.807) is 12.1 Å². The molecule has 0 saturated heterocycles. The van der Waals surface area contributed by atoms with Gasteiger partial charge in [0.25, 0.3) is 5.91 Å². The number of nitrogens with zero attached hydrogens (tertiary/aromatic N) is 1. The molecular formula is C26H29FN2O3. The van der Waals surface area contributed by atoms with E-state index in [0.29, 0.717) is 18.7 Å². The average molecular weight is 437 g/mol. The van der Waals surface area contributed by atoms with E-state index in [0.717, 1.165) is 22.8 Å². The minimum absolute atomic E-state index is 0.191. The Bertz CT molecular complexity index is 1050. The van der Waals surface area contributed by atoms with Crippen LogP contribution in [0.5, 0.6) is 5.75 Å². The van der Waals surface area contributed by atoms with Gasteiger partial charge in [-0.3, -0.25) is 9.59 Å². The summed E-state index contributed by atoms with van der Waals surface area (Å²) < 4.78 is 19.2. The van der Waals surface area contributed by atoms with Crippen molar-refractivity contribution in [1.29, 1.82) is 0 Å². The van der Waals surface area contributed by atoms with Crippen molar-refractivity contribution in [1.82, 2.24) is 10.2 Å². The number of carbonyl (C=O) groups excluding carboxylic acids is 2. The van der Waals surface area contributed by atoms with Gasteiger partial charge in [-0.2, -0.15) is 0 Å². The van der Waals surface area contributed by atoms with Crippen molar-refractivity contribution in [2.75, 3.05) is 13.2 Å². The smallest absolute Gasteiger partial charge is 0.261 e. The van der Waals surface area contributed by atoms with Crippen molar-refractivity contribution in [3.8, 4) is 5.75 Å². The second-order valence-corrected chi connectivity index (χ2v) is 7.63. The molecule has 2 amide bonds. The van der Waals surface area contributed by atoms with Crippen LogP contribution in [0.1, 0.15) is 32.3 Å². The summed E-state index contributed by atoms with van der Waals surface area (Å²) in [5.41, 5.74) is 0.742. The summed E-state index contributed by atoms with van der Waals surface area (Å²) in [7, 11) is 0. The van der Waals surface area contributed by atoms with Crippen molar-refractivity contribution in [2.24, 2.45) is 0 Å². The molecule has 168 valence electrons. The third-order valence-corrected chi connectivity index (χ3v) is 5.30. The number of hydrogen-bond acceptors (Lipinski definition) is 3. The first-order chi connectivity index (χ1) is 15.5. The van der Waals surface area contributed by atoms with Gasteiger partial charge < -0.3 is 15.0 Å². The molecule has 0 spiro atoms. The lowest BCUT2D eigenvalue weighted by Crippen LogP contribution is -2.50. The molecule has 0 aromatic heterocycles. The topological polar surface area (TPSA) is 58.6 Å². The molecule has 0 saturated carbocycles. The SMILES string of the molecule is CCCNC(=O)C(CC)N(Cc1ccc(F)cc1)C(=O)COc1cccc2ccccc12. The van der Waals surface area contributed by atoms with Gasteiger partial charge in [-0.1, -0.05) is 62.4 Å². The second-order valence-electron chi connectivity index (χ2n) is 7.63. The number of hydrogen-bond donors (Lipinski definition) is 1. The summed E-state index contributed by atoms with van der Waals surface area (Å²) in [5, 5.41) is 4.81. The Morgan fingerprint density at radius 3 is 2.44 bits per heavy atom. The fourth-order valence-electron chi connectivity index (χ4n) is 3.62. The largest absolute Gasteiger partial charge is 0.483 e. The van der Waals surface area contributed by atoms with Gasteiger partial charge in [0, 0.05) is 18.5 Å². The summed E-state index contributed by atoms with van der Waals surface area (Å²) >= 11 is 0. The Balaban J connectivity index is 1.81. The van der Waals surface area contributed by atoms with Crippen LogP contribution in [0.4, 0.5) is 4.39 Å². The normalized spacial score (nSPS) is 11.7. The van der Waals surface area contributed by atoms with Crippen LogP contribution in [0.3, 0.4) is 0 Å². The van der Waals surface area contributed by atoms with Gasteiger partial charge in [0.15, 0.2) is 6.61 Å². The van der Waals surface area contributed by atoms with Gasteiger partial charge in [-0.05, 0) is 42.0 Å². The zero-order valence-corrected chi connectivity index (χ0v) is 18.5. The molecule has 3 rings (SSSR count). The minimum atomic E-state index is -0.643. The molecule has 0 bridgehead atoms. The van der Waals surface area contributed by atoms with Gasteiger partial charge in [0.1, 0.15) is 17.6 Å². The number of fused-ring (bicyclic) bond motifs is 1. The van der Waals surface area contributed by atoms with Crippen LogP contribution in [-0.4, -0.2) is 35.9 Å². The molecule has 0 aliphatic heterocycles. The lowest BCUT2D eigenvalue weighted by molar-refractivity contribution is -0.142. The van der Waals surface area contributed by atoms with Crippen LogP contribution >= 0.6 is 0 Å². The third-order valence-electron chi connectivity index (χ3n) is 5.30. The standard InChI is InChI=1S/C26H29FN2O3/c1-3-16-28-26(31)23(4-2)29(17-19-12-14-21(27)15-13-19)25(30)18-32-24-11-7-9-20-8-5-6-10-22(20)24/h5-15,23H,3-4,16-18H2,1-2H3,(H,28,31). The zero-order valence-electron chi connectivity index (χ0n) is 18.5. The summed E-state index contributed by atoms with van der Waals surface area (Å²) in [6.07, 6.45) is 1.26. The van der Waals surface area contributed by atoms with Crippen LogP contribution < -0.4 is 10.1 Å². The molecule has 3 aromatic rings. The fraction of sp³-hybridized carbons (Fsp3) is 0.308. The van der Waals surface area contributed by atoms with Crippen LogP contribution in [0, 0.1) is 5.82 Å². The Hall–Kier alpha value is -3.41. The number of benzene rings is 3. The van der Waals surface area contributed by atoms with Crippen LogP contribution in [0.2, 0.25) is 0 Å². The van der Waals surface area contributed by atoms with Crippen molar-refractivity contribution in [3.05, 3.63) is 78.1 Å². The Labute approximate surface area is 188 Å². The predicted octanol–water partition coefficient (Wildman–Crippen LogP) is 4.69. The summed E-state index contributed by atoms with van der Waals surface area (Å²) in [6.45, 7) is 4.37. The van der Waals surface area contributed by atoms with Gasteiger partial charge >= 0.3 is 0 Å². The first-order valence-corrected chi connectivity index (χ1v) is 11.0. The zero-order chi connectivity index (χ0) is 22.9. The molecule has 1 N–H and O–H groups in total. The molecule has 1 unspecified atom stereocenters. The molecule has 0 aliphatic carbocycles. The maximum absolute atomic E-state index is 13.3. The first kappa shape index (κ1) is 23.3. The Morgan fingerprint density at radius 1 is 1.00 bits per heavy atom. The van der Waals surface area contributed by atoms with Crippen molar-refractivity contribution < 1.29 is 18.7 Å². The van der Waals surface area contributed by atoms with Gasteiger partial charge in [0.2, 0.25) is 5.91 Å². The molecule has 3 aromatic carbocycles. The van der Waals surface area contributed by atoms with Crippen LogP contribution in [0.25, 0.3) is 10.8 Å². The van der Waals surface area contributed by atoms with Crippen LogP contribution in [0.15, 0.2) is 66.7 Å². The number of halogens is 1. The maximum atomic E-state index is 13.3. The molecular weight excluding hydrogens is 407 g/mol. The monoisotopic (exact) mass is 436 g/mol. The molecule has 0 fully saturated rings. The highest BCUT2D eigenvalue weighted by molar-refractivity contribution is 5.90. The molecule has 5 nitrogen and oxygen atoms in total. The Kier molecular flexibility index (Phi) is 8.20. The molecule has 1 atom stereocenters. The fourth-order valence-corrected chi connectivity index (χ4v) is 3.62. The second kappa shape index (κ2) is 11.3. The highest BCUT2D eigenvalue weighted by Gasteiger charge is 2.28. The number of rotatable bonds is 10. The number of carbonyl (C=O) groups is 2. The van der Waals surface area contributed by atoms with Gasteiger partial charge in [-0.25, -0.2) is 4.39 Å². The maximum Gasteiger partial charge on any atom is 0.261 e. The van der Waals surface area contributed by atoms with Gasteiger partial charge in [-0.15, -0.1) is 0 Å². The van der Waals surface area contributed by atoms with E-state index in [1.807, 2.05) is 56.3 Å². The van der Waals surface area contributed by atoms with Gasteiger partial charge in [0.05, 0.1) is 0 Å². The Morgan fingerprint density at radius 2 is 1.72 bits per heavy atom. The third kappa shape index (κ3) is 5.84. The van der Waals surface area contributed by atoms with E-state index >= 15 is 0 Å². The molecule has 0 radical (unpaired) electrons. The van der Waals surface area contributed by atoms with E-state index in [1.165, 1.54) is 17.0 Å². The molecule has 6 heteroatoms. The quantitative estimate of drug-likeness (QED) is 0.502. The van der Waals surface area contributed by atoms with Crippen molar-refractivity contribution >= 4 is 22.6 Å². The first-order valence-electron chi connectivity index (χ1n) is 11.0. The lowest BCUT2D eigenvalue weighted by atomic mass is 10.1. The molecule has 0 aliphatic rings. The summed E-state index contributed by atoms with van der Waals surface area (Å²) in [5.74, 6) is -0.240. The summed E-state index contributed by atoms with van der Waals surface area (Å²) in [4.78, 5) is 27.5.